The zero-order valence-electron chi connectivity index (χ0n) is 39.5. The minimum absolute atomic E-state index is 0.0238. The van der Waals surface area contributed by atoms with Crippen LogP contribution in [-0.2, 0) is 57.3 Å². The second-order valence-electron chi connectivity index (χ2n) is 13.7. The Labute approximate surface area is 423 Å². The van der Waals surface area contributed by atoms with Crippen molar-refractivity contribution in [2.45, 2.75) is 39.5 Å². The first-order chi connectivity index (χ1) is 35.9. The van der Waals surface area contributed by atoms with Crippen LogP contribution in [0, 0.1) is 11.8 Å². The average molecular weight is 975 g/mol. The maximum Gasteiger partial charge on any atom is 0.354 e. The van der Waals surface area contributed by atoms with E-state index < -0.39 is 66.2 Å². The molecule has 14 nitrogen and oxygen atoms in total. The molecule has 0 aromatic rings. The summed E-state index contributed by atoms with van der Waals surface area (Å²) in [5, 5.41) is 0. The summed E-state index contributed by atoms with van der Waals surface area (Å²) in [6, 6.07) is 0. The fourth-order valence-electron chi connectivity index (χ4n) is 4.61. The van der Waals surface area contributed by atoms with Crippen molar-refractivity contribution in [3.8, 4) is 0 Å². The molecule has 2 aliphatic heterocycles. The maximum absolute atomic E-state index is 13.0. The number of rotatable bonds is 18. The first kappa shape index (κ1) is 58.5. The Morgan fingerprint density at radius 3 is 0.878 bits per heavy atom. The van der Waals surface area contributed by atoms with E-state index in [1.807, 2.05) is 0 Å². The molecule has 4 amide bonds. The lowest BCUT2D eigenvalue weighted by Gasteiger charge is -2.15. The lowest BCUT2D eigenvalue weighted by molar-refractivity contribution is -0.152. The zero-order chi connectivity index (χ0) is 53.9. The molecule has 0 bridgehead atoms. The second kappa shape index (κ2) is 37.3. The SMILES string of the molecule is C=C=C=C=C=C=C=C=C=C=C=C=C=C=C=C=C=C=C=C=C=C=C=C=C=C=C=C=C=C=C=C=C=C(C(=O)OCCC(C)CCOC(=O)CN1C(=O)C=CC1=O)C(=O)OCCC(C)CCOC(=O)CN1C(=O)C=CC1=O. The highest BCUT2D eigenvalue weighted by Gasteiger charge is 2.27. The third-order valence-corrected chi connectivity index (χ3v) is 8.31. The molecule has 0 aliphatic carbocycles. The van der Waals surface area contributed by atoms with E-state index in [0.717, 1.165) is 34.1 Å². The van der Waals surface area contributed by atoms with Crippen molar-refractivity contribution >= 4 is 47.5 Å². The van der Waals surface area contributed by atoms with E-state index in [0.29, 0.717) is 25.7 Å². The number of amides is 4. The van der Waals surface area contributed by atoms with E-state index in [1.54, 1.807) is 13.8 Å². The van der Waals surface area contributed by atoms with Gasteiger partial charge >= 0.3 is 23.9 Å². The average Bonchev–Trinajstić information content (AvgIpc) is 3.86. The lowest BCUT2D eigenvalue weighted by Crippen LogP contribution is -2.36. The fourth-order valence-corrected chi connectivity index (χ4v) is 4.61. The number of esters is 4. The van der Waals surface area contributed by atoms with Crippen LogP contribution in [0.4, 0.5) is 0 Å². The summed E-state index contributed by atoms with van der Waals surface area (Å²) >= 11 is 0. The molecule has 2 atom stereocenters. The van der Waals surface area contributed by atoms with Crippen molar-refractivity contribution in [1.82, 2.24) is 9.80 Å². The molecule has 0 radical (unpaired) electrons. The topological polar surface area (TPSA) is 180 Å². The van der Waals surface area contributed by atoms with Crippen molar-refractivity contribution < 1.29 is 57.3 Å². The molecular formula is C60H34N2O12. The predicted octanol–water partition coefficient (Wildman–Crippen LogP) is 5.36. The molecule has 14 heteroatoms. The number of carbonyl (C=O) groups is 8. The van der Waals surface area contributed by atoms with Gasteiger partial charge in [0, 0.05) is 105 Å². The van der Waals surface area contributed by atoms with Crippen molar-refractivity contribution in [3.63, 3.8) is 0 Å². The molecule has 0 aromatic heterocycles. The summed E-state index contributed by atoms with van der Waals surface area (Å²) in [7, 11) is 0. The largest absolute Gasteiger partial charge is 0.464 e. The monoisotopic (exact) mass is 974 g/mol. The molecule has 0 aromatic carbocycles. The standard InChI is InChI=1S/C60H34N2O12/c1-4-5-6-7-8-9-10-11-12-13-14-15-16-17-18-19-20-21-22-23-24-25-26-27-28-29-30-31-32-33-34-35-52(59(69)73-46-42-50(2)40-44-71-57(67)48-61-53(63)36-37-54(61)64)60(70)74-47-43-51(3)41-45-72-58(68)49-62-55(65)38-39-56(62)66/h36-39,50-51H,1,40-49H2,2-3H3. The molecule has 0 fully saturated rings. The number of hydrogen-bond donors (Lipinski definition) is 0. The van der Waals surface area contributed by atoms with Gasteiger partial charge in [-0.15, -0.1) is 0 Å². The van der Waals surface area contributed by atoms with Crippen LogP contribution in [0.1, 0.15) is 39.5 Å². The molecule has 74 heavy (non-hydrogen) atoms. The molecule has 0 N–H and O–H groups in total. The minimum Gasteiger partial charge on any atom is -0.464 e. The smallest absolute Gasteiger partial charge is 0.354 e. The van der Waals surface area contributed by atoms with Gasteiger partial charge in [-0.25, -0.2) is 9.59 Å². The summed E-state index contributed by atoms with van der Waals surface area (Å²) in [6.45, 7) is 5.56. The van der Waals surface area contributed by atoms with Crippen LogP contribution < -0.4 is 0 Å². The fraction of sp³-hybridized carbons (Fsp3) is 0.233. The third kappa shape index (κ3) is 27.9. The Bertz CT molecular complexity index is 3620. The summed E-state index contributed by atoms with van der Waals surface area (Å²) in [6.07, 6.45) is 5.55. The van der Waals surface area contributed by atoms with E-state index in [-0.39, 0.29) is 38.3 Å². The number of carbonyl (C=O) groups excluding carboxylic acids is 8. The molecule has 356 valence electrons. The maximum atomic E-state index is 13.0. The van der Waals surface area contributed by atoms with Crippen molar-refractivity contribution in [2.24, 2.45) is 11.8 Å². The zero-order valence-corrected chi connectivity index (χ0v) is 39.5. The first-order valence-corrected chi connectivity index (χ1v) is 21.3. The number of nitrogens with zero attached hydrogens (tertiary/aromatic N) is 2. The Morgan fingerprint density at radius 2 is 0.622 bits per heavy atom. The Morgan fingerprint density at radius 1 is 0.392 bits per heavy atom. The summed E-state index contributed by atoms with van der Waals surface area (Å²) in [5.74, 6) is -6.37. The normalized spacial score (nSPS) is 10.6. The van der Waals surface area contributed by atoms with Crippen molar-refractivity contribution in [1.29, 1.82) is 0 Å². The molecule has 2 heterocycles. The summed E-state index contributed by atoms with van der Waals surface area (Å²) in [4.78, 5) is 98.3. The van der Waals surface area contributed by atoms with Crippen molar-refractivity contribution in [3.05, 3.63) is 220 Å². The van der Waals surface area contributed by atoms with Gasteiger partial charge in [0.15, 0.2) is 5.57 Å². The Kier molecular flexibility index (Phi) is 29.5. The van der Waals surface area contributed by atoms with Crippen molar-refractivity contribution in [2.75, 3.05) is 39.5 Å². The van der Waals surface area contributed by atoms with Gasteiger partial charge < -0.3 is 18.9 Å². The van der Waals surface area contributed by atoms with E-state index >= 15 is 0 Å². The van der Waals surface area contributed by atoms with E-state index in [1.165, 1.54) is 0 Å². The summed E-state index contributed by atoms with van der Waals surface area (Å²) < 4.78 is 20.8. The highest BCUT2D eigenvalue weighted by Crippen LogP contribution is 2.12. The van der Waals surface area contributed by atoms with Crippen LogP contribution >= 0.6 is 0 Å². The van der Waals surface area contributed by atoms with Gasteiger partial charge in [-0.05, 0) is 142 Å². The molecule has 2 rings (SSSR count). The van der Waals surface area contributed by atoms with E-state index in [9.17, 15) is 38.4 Å². The van der Waals surface area contributed by atoms with Gasteiger partial charge in [0.05, 0.1) is 26.4 Å². The van der Waals surface area contributed by atoms with Crippen LogP contribution in [0.3, 0.4) is 0 Å². The Hall–Kier alpha value is -11.7. The Balaban J connectivity index is 2.20. The first-order valence-electron chi connectivity index (χ1n) is 21.3. The third-order valence-electron chi connectivity index (χ3n) is 8.31. The van der Waals surface area contributed by atoms with Gasteiger partial charge in [0.2, 0.25) is 0 Å². The van der Waals surface area contributed by atoms with Gasteiger partial charge in [-0.1, -0.05) is 19.6 Å². The van der Waals surface area contributed by atoms with Crippen LogP contribution in [0.15, 0.2) is 220 Å². The van der Waals surface area contributed by atoms with Crippen LogP contribution in [-0.4, -0.2) is 96.8 Å². The van der Waals surface area contributed by atoms with Crippen LogP contribution in [0.25, 0.3) is 0 Å². The van der Waals surface area contributed by atoms with Crippen LogP contribution in [0.5, 0.6) is 0 Å². The quantitative estimate of drug-likeness (QED) is 0.0327. The lowest BCUT2D eigenvalue weighted by atomic mass is 10.1. The molecular weight excluding hydrogens is 941 g/mol. The molecule has 0 spiro atoms. The van der Waals surface area contributed by atoms with Crippen LogP contribution in [0.2, 0.25) is 0 Å². The number of imide groups is 2. The van der Waals surface area contributed by atoms with Gasteiger partial charge in [0.1, 0.15) is 13.1 Å². The summed E-state index contributed by atoms with van der Waals surface area (Å²) in [5.41, 5.74) is 77.8. The van der Waals surface area contributed by atoms with E-state index in [4.69, 9.17) is 18.9 Å². The van der Waals surface area contributed by atoms with Gasteiger partial charge in [-0.3, -0.25) is 38.6 Å². The van der Waals surface area contributed by atoms with Gasteiger partial charge in [0.25, 0.3) is 23.6 Å². The van der Waals surface area contributed by atoms with E-state index in [2.05, 4.69) is 190 Å². The highest BCUT2D eigenvalue weighted by molar-refractivity contribution is 6.15. The van der Waals surface area contributed by atoms with Gasteiger partial charge in [-0.2, -0.15) is 0 Å². The molecule has 0 saturated heterocycles. The minimum atomic E-state index is -1.08. The predicted molar refractivity (Wildman–Crippen MR) is 254 cm³/mol. The molecule has 2 unspecified atom stereocenters. The number of hydrogen-bond acceptors (Lipinski definition) is 12. The second-order valence-corrected chi connectivity index (χ2v) is 13.7. The highest BCUT2D eigenvalue weighted by atomic mass is 16.6. The number of ether oxygens (including phenoxy) is 4. The molecule has 0 saturated carbocycles. The molecule has 2 aliphatic rings.